The lowest BCUT2D eigenvalue weighted by atomic mass is 10.0. The molecule has 0 fully saturated rings. The van der Waals surface area contributed by atoms with E-state index in [4.69, 9.17) is 0 Å². The van der Waals surface area contributed by atoms with Gasteiger partial charge in [-0.25, -0.2) is 57.7 Å². The predicted molar refractivity (Wildman–Crippen MR) is 588 cm³/mol. The van der Waals surface area contributed by atoms with Crippen LogP contribution in [0.4, 0.5) is 34.4 Å². The highest BCUT2D eigenvalue weighted by molar-refractivity contribution is 7.91. The lowest BCUT2D eigenvalue weighted by Crippen LogP contribution is -2.43. The van der Waals surface area contributed by atoms with Gasteiger partial charge in [0.1, 0.15) is 11.0 Å². The summed E-state index contributed by atoms with van der Waals surface area (Å²) in [7, 11) is -3.50. The normalized spacial score (nSPS) is 13.1. The molecule has 7 N–H and O–H groups in total. The summed E-state index contributed by atoms with van der Waals surface area (Å²) >= 11 is 0. The summed E-state index contributed by atoms with van der Waals surface area (Å²) < 4.78 is 31.0. The Bertz CT molecular complexity index is 8930. The Labute approximate surface area is 862 Å². The van der Waals surface area contributed by atoms with Gasteiger partial charge < -0.3 is 43.7 Å². The number of hydrogen-bond donors (Lipinski definition) is 7. The average Bonchev–Trinajstić information content (AvgIpc) is 0.801. The van der Waals surface area contributed by atoms with E-state index in [1.165, 1.54) is 33.4 Å². The monoisotopic (exact) mass is 2020 g/mol. The zero-order valence-electron chi connectivity index (χ0n) is 85.5. The third-order valence-electron chi connectivity index (χ3n) is 27.2. The Morgan fingerprint density at radius 1 is 0.433 bits per heavy atom. The first-order chi connectivity index (χ1) is 72.0. The molecule has 0 aliphatic carbocycles. The van der Waals surface area contributed by atoms with Gasteiger partial charge in [-0.1, -0.05) is 170 Å². The molecule has 32 nitrogen and oxygen atoms in total. The standard InChI is InChI=1S/C27H28N4O2.C25H24N4O.2C22H22N4O3.C21H20N4O3S/c1-4-6-9-19-11-13-20(14-12-19)10-7-15-31-23-17-21(8-5-2)18(3)16-22(23)28-24-25(31)29-27(33)30-26(24)32;1-16-14-21-22-15-20(16)8-4-3-6-18-9-11-19(12-10-18)7-5-13-29(22)24-23(28-21)25(30)27-17(2)26-24;2*1-12-4-6-15(7-5-12)10-16(27)11-26-18-9-14(3)13(2)8-17(18)23-19-20(26)24-22(29)25-21(19)28;1-13-11-17-18(12-14(13)2)25(20-19(24-17)21(26)23-15(3)22-20)9-10-29(27,28)16-7-5-4-6-8-16/h4-6,11-14,16-17H,2,7-10,15H2,1,3H3,(H,30,32,33);3-4,9-12,14-15H,2,5-8,13H2,1H3,(H,27,30);2*4-9,16,27H,10-11H2,1-3H3,(H,25,28,29);4-8,11-12H,3,9-10H2,1-2H3,(H,23,26)/b6-4+;4-3-;;;. The first kappa shape index (κ1) is 104. The van der Waals surface area contributed by atoms with Crippen LogP contribution in [-0.4, -0.2) is 128 Å². The third kappa shape index (κ3) is 23.7. The van der Waals surface area contributed by atoms with E-state index in [9.17, 15) is 57.0 Å². The van der Waals surface area contributed by atoms with Crippen molar-refractivity contribution in [3.05, 3.63) is 430 Å². The molecule has 0 saturated carbocycles. The van der Waals surface area contributed by atoms with Crippen LogP contribution in [0.5, 0.6) is 0 Å². The van der Waals surface area contributed by atoms with E-state index in [0.717, 1.165) is 158 Å². The lowest BCUT2D eigenvalue weighted by Gasteiger charge is -2.29. The number of aliphatic hydroxyl groups is 2. The summed E-state index contributed by atoms with van der Waals surface area (Å²) in [5.41, 5.74) is 24.4. The van der Waals surface area contributed by atoms with Gasteiger partial charge in [0.2, 0.25) is 0 Å². The molecule has 150 heavy (non-hydrogen) atoms. The summed E-state index contributed by atoms with van der Waals surface area (Å²) in [4.78, 5) is 157. The van der Waals surface area contributed by atoms with Gasteiger partial charge >= 0.3 is 17.1 Å². The van der Waals surface area contributed by atoms with Gasteiger partial charge in [0.05, 0.1) is 91.8 Å². The van der Waals surface area contributed by atoms with Gasteiger partial charge in [-0.2, -0.15) is 15.0 Å². The van der Waals surface area contributed by atoms with Crippen molar-refractivity contribution >= 4 is 90.5 Å². The number of aromatic nitrogens is 16. The molecule has 762 valence electrons. The molecule has 0 saturated heterocycles. The molecule has 12 heterocycles. The van der Waals surface area contributed by atoms with Gasteiger partial charge in [0, 0.05) is 32.5 Å². The summed E-state index contributed by atoms with van der Waals surface area (Å²) in [6.45, 7) is 35.3. The van der Waals surface area contributed by atoms with E-state index in [1.54, 1.807) is 44.4 Å². The SMILES string of the molecule is C=CCc1cc2c(cc1C)nc1c(=O)[nH]c(=O)nc-1n2CCCc1ccc(C/C=C/C)cc1.C=c1nc2c(c(=O)[nH]1)=Nc1cc(C)c(C)cc1N2CCS(=O)(=O)c1ccccc1.C=c1nc2c(c(=O)[nH]1)=Nc1cc(C)c3cc1N2CCCc1ccc(cc1)C/C=C\C3.Cc1ccc(CC(O)Cn2c3nc(=O)[nH]c(=O)c-3nc3cc(C)c(C)cc32)cc1.Cc1ccc(CC(O)Cn2c3nc(=O)[nH]c(=O)c-3nc3cc(C)c(C)cc32)cc1. The van der Waals surface area contributed by atoms with Crippen LogP contribution in [0.2, 0.25) is 0 Å². The van der Waals surface area contributed by atoms with E-state index in [1.807, 2.05) is 171 Å². The van der Waals surface area contributed by atoms with Gasteiger partial charge in [-0.15, -0.1) is 6.58 Å². The Morgan fingerprint density at radius 3 is 1.42 bits per heavy atom. The van der Waals surface area contributed by atoms with Crippen molar-refractivity contribution in [2.24, 2.45) is 9.98 Å². The number of nitrogens with one attached hydrogen (secondary N) is 5. The number of fused-ring (bicyclic) bond motifs is 15. The highest BCUT2D eigenvalue weighted by Gasteiger charge is 2.31. The smallest absolute Gasteiger partial charge is 0.349 e. The molecule has 10 aliphatic heterocycles. The molecule has 2 unspecified atom stereocenters. The van der Waals surface area contributed by atoms with E-state index >= 15 is 0 Å². The molecule has 10 aliphatic rings. The van der Waals surface area contributed by atoms with Crippen molar-refractivity contribution < 1.29 is 18.6 Å². The van der Waals surface area contributed by atoms with Crippen LogP contribution in [-0.2, 0) is 80.8 Å². The molecule has 10 aromatic carbocycles. The number of aliphatic hydroxyl groups excluding tert-OH is 2. The molecule has 0 spiro atoms. The average molecular weight is 2030 g/mol. The Morgan fingerprint density at radius 2 is 0.887 bits per heavy atom. The maximum absolute atomic E-state index is 12.8. The minimum absolute atomic E-state index is 0.0860. The summed E-state index contributed by atoms with van der Waals surface area (Å²) in [6.07, 6.45) is 17.1. The number of H-pyrrole nitrogens is 5. The summed E-state index contributed by atoms with van der Waals surface area (Å²) in [5.74, 6) is 1.46. The first-order valence-corrected chi connectivity index (χ1v) is 51.3. The van der Waals surface area contributed by atoms with Gasteiger partial charge in [-0.3, -0.25) is 38.9 Å². The van der Waals surface area contributed by atoms with Crippen molar-refractivity contribution in [3.8, 4) is 34.6 Å². The molecular formula is C117H116N20O12S. The third-order valence-corrected chi connectivity index (χ3v) is 28.9. The fraction of sp³-hybridized carbons (Fsp3) is 0.248. The highest BCUT2D eigenvalue weighted by atomic mass is 32.2. The van der Waals surface area contributed by atoms with Crippen LogP contribution in [0.15, 0.2) is 278 Å². The zero-order valence-corrected chi connectivity index (χ0v) is 86.3. The quantitative estimate of drug-likeness (QED) is 0.0275. The minimum atomic E-state index is -3.50. The fourth-order valence-corrected chi connectivity index (χ4v) is 19.9. The van der Waals surface area contributed by atoms with Crippen LogP contribution in [0.25, 0.3) is 80.8 Å². The molecule has 2 aromatic heterocycles. The van der Waals surface area contributed by atoms with Crippen LogP contribution in [0, 0.1) is 69.2 Å². The maximum Gasteiger partial charge on any atom is 0.349 e. The van der Waals surface area contributed by atoms with Crippen LogP contribution in [0.3, 0.4) is 0 Å². The highest BCUT2D eigenvalue weighted by Crippen LogP contribution is 2.40. The molecular weight excluding hydrogens is 1910 g/mol. The predicted octanol–water partition coefficient (Wildman–Crippen LogP) is 13.5. The summed E-state index contributed by atoms with van der Waals surface area (Å²) in [6, 6.07) is 61.7. The maximum atomic E-state index is 12.8. The number of aromatic amines is 5. The van der Waals surface area contributed by atoms with Crippen LogP contribution < -0.4 is 76.3 Å². The molecule has 2 atom stereocenters. The number of hydrogen-bond acceptors (Lipinski definition) is 24. The largest absolute Gasteiger partial charge is 0.391 e. The van der Waals surface area contributed by atoms with Crippen LogP contribution >= 0.6 is 0 Å². The molecule has 22 rings (SSSR count). The minimum Gasteiger partial charge on any atom is -0.391 e. The second kappa shape index (κ2) is 45.0. The molecule has 4 bridgehead atoms. The van der Waals surface area contributed by atoms with Crippen molar-refractivity contribution in [1.29, 1.82) is 0 Å². The van der Waals surface area contributed by atoms with Crippen molar-refractivity contribution in [2.75, 3.05) is 28.6 Å². The van der Waals surface area contributed by atoms with Gasteiger partial charge in [-0.05, 0) is 289 Å². The van der Waals surface area contributed by atoms with Crippen LogP contribution in [0.1, 0.15) is 120 Å². The first-order valence-electron chi connectivity index (χ1n) is 49.7. The van der Waals surface area contributed by atoms with E-state index in [2.05, 4.69) is 197 Å². The Balaban J connectivity index is 0.000000128. The van der Waals surface area contributed by atoms with E-state index < -0.39 is 61.4 Å². The number of rotatable bonds is 20. The number of allylic oxidation sites excluding steroid dienone is 5. The summed E-state index contributed by atoms with van der Waals surface area (Å²) in [5, 5.41) is 22.1. The Hall–Kier alpha value is -17.2. The fourth-order valence-electron chi connectivity index (χ4n) is 18.7. The lowest BCUT2D eigenvalue weighted by molar-refractivity contribution is 0.155. The van der Waals surface area contributed by atoms with E-state index in [-0.39, 0.29) is 75.4 Å². The van der Waals surface area contributed by atoms with Crippen molar-refractivity contribution in [1.82, 2.24) is 78.5 Å². The topological polar surface area (TPSA) is 439 Å². The molecule has 33 heteroatoms. The van der Waals surface area contributed by atoms with Gasteiger partial charge in [0.25, 0.3) is 27.8 Å². The molecule has 12 aromatic rings. The number of sulfone groups is 1. The zero-order chi connectivity index (χ0) is 106. The van der Waals surface area contributed by atoms with Gasteiger partial charge in [0.15, 0.2) is 66.7 Å². The van der Waals surface area contributed by atoms with E-state index in [0.29, 0.717) is 69.9 Å². The number of benzene rings is 10. The number of anilines is 4. The molecule has 0 amide bonds. The Kier molecular flexibility index (Phi) is 31.3. The second-order valence-electron chi connectivity index (χ2n) is 38.3. The number of nitrogens with zero attached hydrogens (tertiary/aromatic N) is 15. The van der Waals surface area contributed by atoms with Crippen molar-refractivity contribution in [2.45, 2.75) is 177 Å². The second-order valence-corrected chi connectivity index (χ2v) is 40.5. The molecule has 0 radical (unpaired) electrons. The number of aryl methyl sites for hydroxylation is 13. The van der Waals surface area contributed by atoms with Crippen molar-refractivity contribution in [3.63, 3.8) is 0 Å².